The van der Waals surface area contributed by atoms with Crippen LogP contribution in [0, 0.1) is 0 Å². The molecule has 74 valence electrons. The molecule has 0 radical (unpaired) electrons. The van der Waals surface area contributed by atoms with Gasteiger partial charge < -0.3 is 0 Å². The van der Waals surface area contributed by atoms with Gasteiger partial charge in [-0.05, 0) is 26.1 Å². The molecule has 0 atom stereocenters. The topological polar surface area (TPSA) is 37.1 Å². The summed E-state index contributed by atoms with van der Waals surface area (Å²) in [5.74, 6) is 0. The SMILES string of the molecule is C=N/C=C\C(=NCC)C1=CCCN=C1. The molecule has 0 spiro atoms. The van der Waals surface area contributed by atoms with E-state index in [2.05, 4.69) is 27.8 Å². The molecule has 0 bridgehead atoms. The molecule has 0 aromatic carbocycles. The lowest BCUT2D eigenvalue weighted by Crippen LogP contribution is -2.05. The molecule has 14 heavy (non-hydrogen) atoms. The lowest BCUT2D eigenvalue weighted by atomic mass is 10.1. The minimum atomic E-state index is 0.766. The first-order valence-corrected chi connectivity index (χ1v) is 4.75. The van der Waals surface area contributed by atoms with E-state index in [1.54, 1.807) is 6.20 Å². The Bertz CT molecular complexity index is 308. The Morgan fingerprint density at radius 3 is 3.14 bits per heavy atom. The summed E-state index contributed by atoms with van der Waals surface area (Å²) in [6, 6.07) is 0. The second-order valence-electron chi connectivity index (χ2n) is 2.84. The van der Waals surface area contributed by atoms with Gasteiger partial charge >= 0.3 is 0 Å². The van der Waals surface area contributed by atoms with E-state index in [1.165, 1.54) is 0 Å². The van der Waals surface area contributed by atoms with Crippen LogP contribution in [0.15, 0.2) is 38.9 Å². The molecule has 0 unspecified atom stereocenters. The Kier molecular flexibility index (Phi) is 4.55. The molecule has 0 aliphatic carbocycles. The minimum Gasteiger partial charge on any atom is -0.292 e. The summed E-state index contributed by atoms with van der Waals surface area (Å²) in [4.78, 5) is 12.3. The van der Waals surface area contributed by atoms with Crippen LogP contribution in [0.2, 0.25) is 0 Å². The van der Waals surface area contributed by atoms with Gasteiger partial charge in [-0.1, -0.05) is 6.08 Å². The van der Waals surface area contributed by atoms with Crippen molar-refractivity contribution in [1.82, 2.24) is 0 Å². The lowest BCUT2D eigenvalue weighted by molar-refractivity contribution is 0.996. The maximum atomic E-state index is 4.37. The van der Waals surface area contributed by atoms with Gasteiger partial charge in [-0.25, -0.2) is 0 Å². The molecule has 1 aliphatic rings. The zero-order valence-electron chi connectivity index (χ0n) is 8.48. The van der Waals surface area contributed by atoms with Crippen LogP contribution in [0.4, 0.5) is 0 Å². The number of dihydropyridines is 1. The van der Waals surface area contributed by atoms with Gasteiger partial charge in [-0.15, -0.1) is 0 Å². The number of allylic oxidation sites excluding steroid dienone is 2. The van der Waals surface area contributed by atoms with Gasteiger partial charge in [-0.2, -0.15) is 0 Å². The maximum absolute atomic E-state index is 4.37. The van der Waals surface area contributed by atoms with Gasteiger partial charge in [-0.3, -0.25) is 15.0 Å². The van der Waals surface area contributed by atoms with E-state index in [9.17, 15) is 0 Å². The van der Waals surface area contributed by atoms with E-state index in [4.69, 9.17) is 0 Å². The van der Waals surface area contributed by atoms with Gasteiger partial charge in [0.05, 0.1) is 5.71 Å². The van der Waals surface area contributed by atoms with Crippen molar-refractivity contribution in [3.8, 4) is 0 Å². The normalized spacial score (nSPS) is 17.2. The fourth-order valence-corrected chi connectivity index (χ4v) is 1.21. The number of hydrogen-bond acceptors (Lipinski definition) is 3. The average Bonchev–Trinajstić information content (AvgIpc) is 2.25. The van der Waals surface area contributed by atoms with E-state index >= 15 is 0 Å². The van der Waals surface area contributed by atoms with Crippen molar-refractivity contribution in [3.63, 3.8) is 0 Å². The summed E-state index contributed by atoms with van der Waals surface area (Å²) in [6.07, 6.45) is 8.52. The van der Waals surface area contributed by atoms with Crippen molar-refractivity contribution in [2.75, 3.05) is 13.1 Å². The number of aliphatic imine (C=N–C) groups is 3. The van der Waals surface area contributed by atoms with E-state index < -0.39 is 0 Å². The molecular formula is C11H15N3. The molecule has 0 saturated carbocycles. The van der Waals surface area contributed by atoms with Crippen LogP contribution in [-0.4, -0.2) is 31.7 Å². The molecule has 0 aromatic heterocycles. The van der Waals surface area contributed by atoms with E-state index in [1.807, 2.05) is 19.2 Å². The molecular weight excluding hydrogens is 174 g/mol. The van der Waals surface area contributed by atoms with Gasteiger partial charge in [0.2, 0.25) is 0 Å². The van der Waals surface area contributed by atoms with Crippen LogP contribution < -0.4 is 0 Å². The second-order valence-corrected chi connectivity index (χ2v) is 2.84. The van der Waals surface area contributed by atoms with Crippen LogP contribution in [0.1, 0.15) is 13.3 Å². The fourth-order valence-electron chi connectivity index (χ4n) is 1.21. The van der Waals surface area contributed by atoms with Crippen LogP contribution in [0.3, 0.4) is 0 Å². The predicted octanol–water partition coefficient (Wildman–Crippen LogP) is 2.06. The molecule has 0 N–H and O–H groups in total. The van der Waals surface area contributed by atoms with Gasteiger partial charge in [0, 0.05) is 31.1 Å². The van der Waals surface area contributed by atoms with Crippen molar-refractivity contribution >= 4 is 18.6 Å². The lowest BCUT2D eigenvalue weighted by Gasteiger charge is -2.05. The van der Waals surface area contributed by atoms with Gasteiger partial charge in [0.25, 0.3) is 0 Å². The summed E-state index contributed by atoms with van der Waals surface area (Å²) in [7, 11) is 0. The zero-order chi connectivity index (χ0) is 10.2. The summed E-state index contributed by atoms with van der Waals surface area (Å²) in [6.45, 7) is 7.05. The molecule has 0 saturated heterocycles. The Morgan fingerprint density at radius 2 is 2.57 bits per heavy atom. The summed E-state index contributed by atoms with van der Waals surface area (Å²) in [5.41, 5.74) is 2.02. The molecule has 1 rings (SSSR count). The first kappa shape index (κ1) is 10.6. The molecule has 0 fully saturated rings. The highest BCUT2D eigenvalue weighted by Crippen LogP contribution is 2.05. The molecule has 1 heterocycles. The molecule has 3 nitrogen and oxygen atoms in total. The number of rotatable bonds is 4. The Morgan fingerprint density at radius 1 is 1.71 bits per heavy atom. The summed E-state index contributed by atoms with van der Waals surface area (Å²) < 4.78 is 0. The zero-order valence-corrected chi connectivity index (χ0v) is 8.48. The van der Waals surface area contributed by atoms with E-state index in [0.717, 1.165) is 30.8 Å². The van der Waals surface area contributed by atoms with Crippen molar-refractivity contribution in [2.24, 2.45) is 15.0 Å². The van der Waals surface area contributed by atoms with Crippen LogP contribution >= 0.6 is 0 Å². The Balaban J connectivity index is 2.82. The minimum absolute atomic E-state index is 0.766. The number of hydrogen-bond donors (Lipinski definition) is 0. The first-order chi connectivity index (χ1) is 6.88. The average molecular weight is 189 g/mol. The molecule has 0 amide bonds. The highest BCUT2D eigenvalue weighted by Gasteiger charge is 2.02. The first-order valence-electron chi connectivity index (χ1n) is 4.75. The highest BCUT2D eigenvalue weighted by molar-refractivity contribution is 6.21. The molecule has 0 aromatic rings. The van der Waals surface area contributed by atoms with E-state index in [-0.39, 0.29) is 0 Å². The maximum Gasteiger partial charge on any atom is 0.0673 e. The molecule has 3 heteroatoms. The van der Waals surface area contributed by atoms with Gasteiger partial charge in [0.1, 0.15) is 0 Å². The summed E-state index contributed by atoms with van der Waals surface area (Å²) >= 11 is 0. The third-order valence-corrected chi connectivity index (χ3v) is 1.81. The quantitative estimate of drug-likeness (QED) is 0.607. The molecule has 1 aliphatic heterocycles. The standard InChI is InChI=1S/C11H15N3/c1-3-14-11(6-8-12-2)10-5-4-7-13-9-10/h5-6,8-9H,2-4,7H2,1H3/b8-6-,14-11?. The fraction of sp³-hybridized carbons (Fsp3) is 0.364. The second kappa shape index (κ2) is 6.02. The van der Waals surface area contributed by atoms with Gasteiger partial charge in [0.15, 0.2) is 0 Å². The van der Waals surface area contributed by atoms with Crippen molar-refractivity contribution in [1.29, 1.82) is 0 Å². The van der Waals surface area contributed by atoms with Crippen molar-refractivity contribution in [3.05, 3.63) is 23.9 Å². The van der Waals surface area contributed by atoms with Crippen LogP contribution in [0.5, 0.6) is 0 Å². The predicted molar refractivity (Wildman–Crippen MR) is 62.7 cm³/mol. The monoisotopic (exact) mass is 189 g/mol. The highest BCUT2D eigenvalue weighted by atomic mass is 14.8. The van der Waals surface area contributed by atoms with Crippen LogP contribution in [-0.2, 0) is 0 Å². The van der Waals surface area contributed by atoms with Crippen molar-refractivity contribution < 1.29 is 0 Å². The Labute approximate surface area is 84.7 Å². The smallest absolute Gasteiger partial charge is 0.0673 e. The van der Waals surface area contributed by atoms with Crippen LogP contribution in [0.25, 0.3) is 0 Å². The third kappa shape index (κ3) is 3.09. The summed E-state index contributed by atoms with van der Waals surface area (Å²) in [5, 5.41) is 0. The van der Waals surface area contributed by atoms with E-state index in [0.29, 0.717) is 0 Å². The third-order valence-electron chi connectivity index (χ3n) is 1.81. The van der Waals surface area contributed by atoms with Crippen molar-refractivity contribution in [2.45, 2.75) is 13.3 Å². The largest absolute Gasteiger partial charge is 0.292 e. The number of nitrogens with zero attached hydrogens (tertiary/aromatic N) is 3. The Hall–Kier alpha value is -1.51.